The molecule has 2 rings (SSSR count). The van der Waals surface area contributed by atoms with Crippen molar-refractivity contribution in [3.05, 3.63) is 35.8 Å². The average Bonchev–Trinajstić information content (AvgIpc) is 2.71. The van der Waals surface area contributed by atoms with Crippen LogP contribution in [0.2, 0.25) is 0 Å². The second kappa shape index (κ2) is 5.44. The number of aryl methyl sites for hydroxylation is 2. The van der Waals surface area contributed by atoms with Crippen molar-refractivity contribution < 1.29 is 0 Å². The Kier molecular flexibility index (Phi) is 3.92. The number of hydrogen-bond acceptors (Lipinski definition) is 2. The molecule has 3 nitrogen and oxygen atoms in total. The van der Waals surface area contributed by atoms with Gasteiger partial charge in [0.1, 0.15) is 5.82 Å². The zero-order valence-corrected chi connectivity index (χ0v) is 11.8. The molecule has 96 valence electrons. The minimum atomic E-state index is 0.589. The van der Waals surface area contributed by atoms with Gasteiger partial charge in [0.2, 0.25) is 0 Å². The Balaban J connectivity index is 2.30. The number of nitrogens with zero attached hydrogens (tertiary/aromatic N) is 2. The zero-order chi connectivity index (χ0) is 13.1. The topological polar surface area (TPSA) is 31.9 Å². The molecular formula is C14H18ClN3. The third-order valence-corrected chi connectivity index (χ3v) is 3.11. The lowest BCUT2D eigenvalue weighted by Crippen LogP contribution is -2.07. The molecule has 0 spiro atoms. The van der Waals surface area contributed by atoms with Gasteiger partial charge in [0.25, 0.3) is 0 Å². The monoisotopic (exact) mass is 263 g/mol. The summed E-state index contributed by atoms with van der Waals surface area (Å²) in [6.45, 7) is 2.04. The predicted octanol–water partition coefficient (Wildman–Crippen LogP) is 3.23. The number of aromatic amines is 1. The number of aromatic nitrogens is 2. The maximum absolute atomic E-state index is 5.73. The lowest BCUT2D eigenvalue weighted by Gasteiger charge is -2.12. The Hall–Kier alpha value is -1.48. The van der Waals surface area contributed by atoms with Gasteiger partial charge >= 0.3 is 0 Å². The second-order valence-corrected chi connectivity index (χ2v) is 4.92. The summed E-state index contributed by atoms with van der Waals surface area (Å²) in [5.41, 5.74) is 4.43. The van der Waals surface area contributed by atoms with Gasteiger partial charge in [0.15, 0.2) is 0 Å². The normalized spacial score (nSPS) is 10.7. The number of hydrogen-bond donors (Lipinski definition) is 1. The fourth-order valence-electron chi connectivity index (χ4n) is 1.93. The van der Waals surface area contributed by atoms with E-state index in [0.717, 1.165) is 29.2 Å². The highest BCUT2D eigenvalue weighted by atomic mass is 35.5. The van der Waals surface area contributed by atoms with Gasteiger partial charge in [-0.1, -0.05) is 12.1 Å². The summed E-state index contributed by atoms with van der Waals surface area (Å²) in [6.07, 6.45) is 0.776. The van der Waals surface area contributed by atoms with Gasteiger partial charge in [0.05, 0.1) is 5.69 Å². The standard InChI is InChI=1S/C14H18ClN3/c1-10-14(17-13(16-10)8-9-15)11-4-6-12(7-5-11)18(2)3/h4-7H,8-9H2,1-3H3,(H,16,17). The SMILES string of the molecule is Cc1[nH]c(CCCl)nc1-c1ccc(N(C)C)cc1. The van der Waals surface area contributed by atoms with Crippen molar-refractivity contribution in [2.45, 2.75) is 13.3 Å². The summed E-state index contributed by atoms with van der Waals surface area (Å²) < 4.78 is 0. The van der Waals surface area contributed by atoms with E-state index in [1.807, 2.05) is 21.0 Å². The Morgan fingerprint density at radius 2 is 1.89 bits per heavy atom. The summed E-state index contributed by atoms with van der Waals surface area (Å²) in [6, 6.07) is 8.40. The third-order valence-electron chi connectivity index (χ3n) is 2.92. The van der Waals surface area contributed by atoms with Gasteiger partial charge in [-0.15, -0.1) is 11.6 Å². The van der Waals surface area contributed by atoms with E-state index in [2.05, 4.69) is 39.1 Å². The van der Waals surface area contributed by atoms with E-state index < -0.39 is 0 Å². The van der Waals surface area contributed by atoms with Crippen molar-refractivity contribution >= 4 is 17.3 Å². The summed E-state index contributed by atoms with van der Waals surface area (Å²) >= 11 is 5.73. The molecule has 18 heavy (non-hydrogen) atoms. The fourth-order valence-corrected chi connectivity index (χ4v) is 2.11. The molecule has 1 heterocycles. The van der Waals surface area contributed by atoms with Gasteiger partial charge < -0.3 is 9.88 Å². The Morgan fingerprint density at radius 1 is 1.22 bits per heavy atom. The van der Waals surface area contributed by atoms with Crippen LogP contribution in [0.25, 0.3) is 11.3 Å². The molecule has 0 radical (unpaired) electrons. The van der Waals surface area contributed by atoms with Crippen molar-refractivity contribution in [1.82, 2.24) is 9.97 Å². The van der Waals surface area contributed by atoms with Crippen LogP contribution >= 0.6 is 11.6 Å². The summed E-state index contributed by atoms with van der Waals surface area (Å²) in [7, 11) is 4.07. The van der Waals surface area contributed by atoms with Gasteiger partial charge in [-0.25, -0.2) is 4.98 Å². The number of imidazole rings is 1. The minimum Gasteiger partial charge on any atom is -0.378 e. The molecule has 0 amide bonds. The number of H-pyrrole nitrogens is 1. The summed E-state index contributed by atoms with van der Waals surface area (Å²) in [5.74, 6) is 1.54. The molecular weight excluding hydrogens is 246 g/mol. The number of alkyl halides is 1. The number of benzene rings is 1. The van der Waals surface area contributed by atoms with Gasteiger partial charge in [-0.05, 0) is 19.1 Å². The van der Waals surface area contributed by atoms with Crippen LogP contribution in [-0.4, -0.2) is 29.9 Å². The Bertz CT molecular complexity index is 514. The first-order chi connectivity index (χ1) is 8.61. The largest absolute Gasteiger partial charge is 0.378 e. The quantitative estimate of drug-likeness (QED) is 0.859. The van der Waals surface area contributed by atoms with E-state index in [-0.39, 0.29) is 0 Å². The summed E-state index contributed by atoms with van der Waals surface area (Å²) in [4.78, 5) is 9.95. The minimum absolute atomic E-state index is 0.589. The van der Waals surface area contributed by atoms with E-state index in [0.29, 0.717) is 5.88 Å². The highest BCUT2D eigenvalue weighted by Crippen LogP contribution is 2.23. The van der Waals surface area contributed by atoms with Gasteiger partial charge in [0, 0.05) is 43.3 Å². The van der Waals surface area contributed by atoms with E-state index in [1.165, 1.54) is 5.69 Å². The Labute approximate surface area is 113 Å². The van der Waals surface area contributed by atoms with Gasteiger partial charge in [-0.3, -0.25) is 0 Å². The van der Waals surface area contributed by atoms with Crippen molar-refractivity contribution in [2.75, 3.05) is 24.9 Å². The Morgan fingerprint density at radius 3 is 2.44 bits per heavy atom. The zero-order valence-electron chi connectivity index (χ0n) is 11.0. The average molecular weight is 264 g/mol. The summed E-state index contributed by atoms with van der Waals surface area (Å²) in [5, 5.41) is 0. The van der Waals surface area contributed by atoms with Gasteiger partial charge in [-0.2, -0.15) is 0 Å². The molecule has 1 aromatic carbocycles. The highest BCUT2D eigenvalue weighted by Gasteiger charge is 2.08. The molecule has 0 unspecified atom stereocenters. The molecule has 1 N–H and O–H groups in total. The molecule has 1 aromatic heterocycles. The molecule has 0 saturated carbocycles. The molecule has 0 aliphatic carbocycles. The molecule has 0 atom stereocenters. The predicted molar refractivity (Wildman–Crippen MR) is 77.5 cm³/mol. The van der Waals surface area contributed by atoms with Crippen LogP contribution in [0.3, 0.4) is 0 Å². The van der Waals surface area contributed by atoms with Crippen LogP contribution in [0, 0.1) is 6.92 Å². The number of anilines is 1. The molecule has 2 aromatic rings. The molecule has 0 fully saturated rings. The van der Waals surface area contributed by atoms with E-state index >= 15 is 0 Å². The van der Waals surface area contributed by atoms with Crippen molar-refractivity contribution in [3.8, 4) is 11.3 Å². The molecule has 0 saturated heterocycles. The first-order valence-electron chi connectivity index (χ1n) is 6.01. The maximum atomic E-state index is 5.73. The van der Waals surface area contributed by atoms with E-state index in [4.69, 9.17) is 11.6 Å². The molecule has 4 heteroatoms. The van der Waals surface area contributed by atoms with Crippen molar-refractivity contribution in [3.63, 3.8) is 0 Å². The van der Waals surface area contributed by atoms with Crippen molar-refractivity contribution in [2.24, 2.45) is 0 Å². The lowest BCUT2D eigenvalue weighted by atomic mass is 10.1. The molecule has 0 aliphatic rings. The first kappa shape index (κ1) is 13.0. The van der Waals surface area contributed by atoms with Crippen LogP contribution in [0.15, 0.2) is 24.3 Å². The second-order valence-electron chi connectivity index (χ2n) is 4.54. The van der Waals surface area contributed by atoms with Crippen LogP contribution in [0.5, 0.6) is 0 Å². The number of halogens is 1. The fraction of sp³-hybridized carbons (Fsp3) is 0.357. The van der Waals surface area contributed by atoms with Crippen LogP contribution in [0.1, 0.15) is 11.5 Å². The third kappa shape index (κ3) is 2.67. The molecule has 0 bridgehead atoms. The van der Waals surface area contributed by atoms with Crippen LogP contribution < -0.4 is 4.90 Å². The highest BCUT2D eigenvalue weighted by molar-refractivity contribution is 6.17. The smallest absolute Gasteiger partial charge is 0.108 e. The lowest BCUT2D eigenvalue weighted by molar-refractivity contribution is 0.988. The van der Waals surface area contributed by atoms with E-state index in [9.17, 15) is 0 Å². The van der Waals surface area contributed by atoms with Crippen LogP contribution in [-0.2, 0) is 6.42 Å². The van der Waals surface area contributed by atoms with Crippen LogP contribution in [0.4, 0.5) is 5.69 Å². The van der Waals surface area contributed by atoms with Crippen molar-refractivity contribution in [1.29, 1.82) is 0 Å². The first-order valence-corrected chi connectivity index (χ1v) is 6.54. The number of nitrogens with one attached hydrogen (secondary N) is 1. The molecule has 0 aliphatic heterocycles. The number of rotatable bonds is 4. The maximum Gasteiger partial charge on any atom is 0.108 e. The van der Waals surface area contributed by atoms with E-state index in [1.54, 1.807) is 0 Å².